The SMILES string of the molecule is O=C(Cn1cc(Br)ccc1=O)NC1CCN(C(=O)CCc2ccccc2)CC1. The fourth-order valence-electron chi connectivity index (χ4n) is 3.38. The maximum atomic E-state index is 12.4. The molecule has 148 valence electrons. The lowest BCUT2D eigenvalue weighted by molar-refractivity contribution is -0.132. The fraction of sp³-hybridized carbons (Fsp3) is 0.381. The predicted molar refractivity (Wildman–Crippen MR) is 111 cm³/mol. The van der Waals surface area contributed by atoms with Crippen LogP contribution in [0, 0.1) is 0 Å². The average Bonchev–Trinajstić information content (AvgIpc) is 2.70. The van der Waals surface area contributed by atoms with Gasteiger partial charge in [-0.1, -0.05) is 30.3 Å². The zero-order valence-corrected chi connectivity index (χ0v) is 17.2. The molecule has 1 saturated heterocycles. The smallest absolute Gasteiger partial charge is 0.251 e. The maximum Gasteiger partial charge on any atom is 0.251 e. The van der Waals surface area contributed by atoms with Gasteiger partial charge in [-0.25, -0.2) is 0 Å². The van der Waals surface area contributed by atoms with Crippen LogP contribution in [-0.2, 0) is 22.6 Å². The summed E-state index contributed by atoms with van der Waals surface area (Å²) in [5.41, 5.74) is 0.956. The average molecular weight is 446 g/mol. The number of amides is 2. The van der Waals surface area contributed by atoms with Crippen LogP contribution in [0.4, 0.5) is 0 Å². The first-order valence-electron chi connectivity index (χ1n) is 9.48. The van der Waals surface area contributed by atoms with Crippen molar-refractivity contribution < 1.29 is 9.59 Å². The molecule has 0 aliphatic carbocycles. The molecule has 0 bridgehead atoms. The largest absolute Gasteiger partial charge is 0.352 e. The number of likely N-dealkylation sites (tertiary alicyclic amines) is 1. The Morgan fingerprint density at radius 3 is 2.50 bits per heavy atom. The summed E-state index contributed by atoms with van der Waals surface area (Å²) in [6.07, 6.45) is 4.33. The van der Waals surface area contributed by atoms with E-state index < -0.39 is 0 Å². The minimum Gasteiger partial charge on any atom is -0.352 e. The number of hydrogen-bond donors (Lipinski definition) is 1. The highest BCUT2D eigenvalue weighted by Crippen LogP contribution is 2.13. The quantitative estimate of drug-likeness (QED) is 0.741. The normalized spacial score (nSPS) is 14.7. The van der Waals surface area contributed by atoms with Crippen molar-refractivity contribution in [2.45, 2.75) is 38.3 Å². The number of carbonyl (C=O) groups is 2. The van der Waals surface area contributed by atoms with E-state index >= 15 is 0 Å². The molecule has 6 nitrogen and oxygen atoms in total. The molecule has 0 unspecified atom stereocenters. The standard InChI is InChI=1S/C21H24BrN3O3/c22-17-7-9-21(28)25(14-17)15-19(26)23-18-10-12-24(13-11-18)20(27)8-6-16-4-2-1-3-5-16/h1-5,7,9,14,18H,6,8,10-13,15H2,(H,23,26). The molecular weight excluding hydrogens is 422 g/mol. The van der Waals surface area contributed by atoms with Gasteiger partial charge in [0, 0.05) is 42.3 Å². The Balaban J connectivity index is 1.42. The third-order valence-electron chi connectivity index (χ3n) is 4.94. The summed E-state index contributed by atoms with van der Waals surface area (Å²) in [7, 11) is 0. The van der Waals surface area contributed by atoms with Crippen molar-refractivity contribution in [2.75, 3.05) is 13.1 Å². The molecule has 0 saturated carbocycles. The summed E-state index contributed by atoms with van der Waals surface area (Å²) in [5, 5.41) is 2.98. The molecule has 1 N–H and O–H groups in total. The van der Waals surface area contributed by atoms with Gasteiger partial charge >= 0.3 is 0 Å². The van der Waals surface area contributed by atoms with Gasteiger partial charge in [-0.2, -0.15) is 0 Å². The van der Waals surface area contributed by atoms with E-state index in [1.54, 1.807) is 12.3 Å². The zero-order chi connectivity index (χ0) is 19.9. The minimum absolute atomic E-state index is 0.00546. The summed E-state index contributed by atoms with van der Waals surface area (Å²) in [6, 6.07) is 13.1. The molecule has 7 heteroatoms. The third-order valence-corrected chi connectivity index (χ3v) is 5.41. The minimum atomic E-state index is -0.211. The summed E-state index contributed by atoms with van der Waals surface area (Å²) in [4.78, 5) is 38.3. The lowest BCUT2D eigenvalue weighted by Gasteiger charge is -2.32. The van der Waals surface area contributed by atoms with Crippen molar-refractivity contribution in [3.05, 3.63) is 69.1 Å². The van der Waals surface area contributed by atoms with Crippen LogP contribution >= 0.6 is 15.9 Å². The van der Waals surface area contributed by atoms with E-state index in [-0.39, 0.29) is 30.0 Å². The summed E-state index contributed by atoms with van der Waals surface area (Å²) in [5.74, 6) is -0.0247. The molecule has 1 aliphatic heterocycles. The van der Waals surface area contributed by atoms with Crippen LogP contribution in [0.2, 0.25) is 0 Å². The highest BCUT2D eigenvalue weighted by molar-refractivity contribution is 9.10. The number of rotatable bonds is 6. The van der Waals surface area contributed by atoms with Gasteiger partial charge in [0.2, 0.25) is 11.8 Å². The third kappa shape index (κ3) is 5.79. The van der Waals surface area contributed by atoms with E-state index in [0.29, 0.717) is 19.5 Å². The Hall–Kier alpha value is -2.41. The van der Waals surface area contributed by atoms with Crippen LogP contribution in [0.1, 0.15) is 24.8 Å². The molecule has 2 heterocycles. The number of hydrogen-bond acceptors (Lipinski definition) is 3. The van der Waals surface area contributed by atoms with Gasteiger partial charge < -0.3 is 14.8 Å². The molecule has 2 amide bonds. The van der Waals surface area contributed by atoms with Crippen LogP contribution in [0.15, 0.2) is 57.9 Å². The van der Waals surface area contributed by atoms with Crippen LogP contribution in [0.5, 0.6) is 0 Å². The number of halogens is 1. The summed E-state index contributed by atoms with van der Waals surface area (Å²) >= 11 is 3.30. The maximum absolute atomic E-state index is 12.4. The second-order valence-electron chi connectivity index (χ2n) is 7.02. The fourth-order valence-corrected chi connectivity index (χ4v) is 3.76. The lowest BCUT2D eigenvalue weighted by Crippen LogP contribution is -2.47. The number of aryl methyl sites for hydroxylation is 1. The van der Waals surface area contributed by atoms with Gasteiger partial charge in [-0.05, 0) is 46.8 Å². The Labute approximate surface area is 172 Å². The Morgan fingerprint density at radius 2 is 1.79 bits per heavy atom. The Bertz CT molecular complexity index is 874. The van der Waals surface area contributed by atoms with Crippen molar-refractivity contribution >= 4 is 27.7 Å². The molecular formula is C21H24BrN3O3. The van der Waals surface area contributed by atoms with E-state index in [0.717, 1.165) is 23.7 Å². The highest BCUT2D eigenvalue weighted by atomic mass is 79.9. The molecule has 1 aromatic heterocycles. The van der Waals surface area contributed by atoms with Gasteiger partial charge in [0.15, 0.2) is 0 Å². The summed E-state index contributed by atoms with van der Waals surface area (Å²) < 4.78 is 2.13. The van der Waals surface area contributed by atoms with E-state index in [2.05, 4.69) is 21.2 Å². The topological polar surface area (TPSA) is 71.4 Å². The number of nitrogens with one attached hydrogen (secondary N) is 1. The van der Waals surface area contributed by atoms with Crippen molar-refractivity contribution in [3.8, 4) is 0 Å². The van der Waals surface area contributed by atoms with E-state index in [4.69, 9.17) is 0 Å². The second-order valence-corrected chi connectivity index (χ2v) is 7.94. The molecule has 2 aromatic rings. The first-order valence-corrected chi connectivity index (χ1v) is 10.3. The van der Waals surface area contributed by atoms with Crippen molar-refractivity contribution in [3.63, 3.8) is 0 Å². The van der Waals surface area contributed by atoms with E-state index in [1.165, 1.54) is 16.2 Å². The van der Waals surface area contributed by atoms with Crippen LogP contribution < -0.4 is 10.9 Å². The van der Waals surface area contributed by atoms with Gasteiger partial charge in [0.25, 0.3) is 5.56 Å². The molecule has 3 rings (SSSR count). The van der Waals surface area contributed by atoms with Gasteiger partial charge in [-0.15, -0.1) is 0 Å². The van der Waals surface area contributed by atoms with E-state index in [1.807, 2.05) is 35.2 Å². The molecule has 0 atom stereocenters. The number of pyridine rings is 1. The Morgan fingerprint density at radius 1 is 1.07 bits per heavy atom. The van der Waals surface area contributed by atoms with Gasteiger partial charge in [0.1, 0.15) is 6.54 Å². The zero-order valence-electron chi connectivity index (χ0n) is 15.6. The summed E-state index contributed by atoms with van der Waals surface area (Å²) in [6.45, 7) is 1.29. The molecule has 1 aromatic carbocycles. The number of piperidine rings is 1. The van der Waals surface area contributed by atoms with Crippen molar-refractivity contribution in [1.29, 1.82) is 0 Å². The number of nitrogens with zero attached hydrogens (tertiary/aromatic N) is 2. The van der Waals surface area contributed by atoms with Crippen molar-refractivity contribution in [1.82, 2.24) is 14.8 Å². The number of carbonyl (C=O) groups excluding carboxylic acids is 2. The second kappa shape index (κ2) is 9.68. The lowest BCUT2D eigenvalue weighted by atomic mass is 10.0. The Kier molecular flexibility index (Phi) is 7.03. The predicted octanol–water partition coefficient (Wildman–Crippen LogP) is 2.35. The van der Waals surface area contributed by atoms with E-state index in [9.17, 15) is 14.4 Å². The number of aromatic nitrogens is 1. The van der Waals surface area contributed by atoms with Crippen LogP contribution in [-0.4, -0.2) is 40.4 Å². The molecule has 28 heavy (non-hydrogen) atoms. The van der Waals surface area contributed by atoms with Gasteiger partial charge in [-0.3, -0.25) is 14.4 Å². The molecule has 1 aliphatic rings. The highest BCUT2D eigenvalue weighted by Gasteiger charge is 2.23. The number of benzene rings is 1. The van der Waals surface area contributed by atoms with Crippen LogP contribution in [0.25, 0.3) is 0 Å². The monoisotopic (exact) mass is 445 g/mol. The van der Waals surface area contributed by atoms with Gasteiger partial charge in [0.05, 0.1) is 0 Å². The molecule has 0 radical (unpaired) electrons. The molecule has 1 fully saturated rings. The molecule has 0 spiro atoms. The first-order chi connectivity index (χ1) is 13.5. The first kappa shape index (κ1) is 20.3. The van der Waals surface area contributed by atoms with Crippen molar-refractivity contribution in [2.24, 2.45) is 0 Å². The van der Waals surface area contributed by atoms with Crippen LogP contribution in [0.3, 0.4) is 0 Å².